The van der Waals surface area contributed by atoms with Crippen LogP contribution in [0, 0.1) is 0 Å². The van der Waals surface area contributed by atoms with Crippen LogP contribution in [0.1, 0.15) is 16.8 Å². The standard InChI is InChI=1S/C15H19ClN2O3/c1-17-6-3-7-18(10-15(17)20)9-13(19)11-4-5-14(21-2)12(16)8-11/h4-5,8H,3,6-7,9-10H2,1-2H3. The summed E-state index contributed by atoms with van der Waals surface area (Å²) in [7, 11) is 3.32. The summed E-state index contributed by atoms with van der Waals surface area (Å²) >= 11 is 6.03. The van der Waals surface area contributed by atoms with Gasteiger partial charge in [-0.05, 0) is 24.6 Å². The third-order valence-electron chi connectivity index (χ3n) is 3.59. The van der Waals surface area contributed by atoms with E-state index in [0.29, 0.717) is 16.3 Å². The second kappa shape index (κ2) is 6.91. The number of benzene rings is 1. The molecule has 1 heterocycles. The molecule has 0 saturated carbocycles. The Hall–Kier alpha value is -1.59. The molecule has 1 saturated heterocycles. The summed E-state index contributed by atoms with van der Waals surface area (Å²) in [6.45, 7) is 1.98. The quantitative estimate of drug-likeness (QED) is 0.794. The highest BCUT2D eigenvalue weighted by Crippen LogP contribution is 2.25. The molecule has 0 atom stereocenters. The monoisotopic (exact) mass is 310 g/mol. The van der Waals surface area contributed by atoms with Gasteiger partial charge in [-0.2, -0.15) is 0 Å². The van der Waals surface area contributed by atoms with E-state index < -0.39 is 0 Å². The van der Waals surface area contributed by atoms with Crippen LogP contribution >= 0.6 is 11.6 Å². The number of methoxy groups -OCH3 is 1. The largest absolute Gasteiger partial charge is 0.495 e. The van der Waals surface area contributed by atoms with E-state index in [-0.39, 0.29) is 24.8 Å². The molecule has 0 aromatic heterocycles. The van der Waals surface area contributed by atoms with E-state index >= 15 is 0 Å². The van der Waals surface area contributed by atoms with Crippen molar-refractivity contribution in [3.63, 3.8) is 0 Å². The number of carbonyl (C=O) groups is 2. The number of amides is 1. The van der Waals surface area contributed by atoms with Crippen LogP contribution in [0.3, 0.4) is 0 Å². The van der Waals surface area contributed by atoms with E-state index in [9.17, 15) is 9.59 Å². The van der Waals surface area contributed by atoms with Gasteiger partial charge in [0.25, 0.3) is 0 Å². The highest BCUT2D eigenvalue weighted by molar-refractivity contribution is 6.32. The molecule has 21 heavy (non-hydrogen) atoms. The molecule has 1 aromatic rings. The van der Waals surface area contributed by atoms with Crippen molar-refractivity contribution in [2.24, 2.45) is 0 Å². The smallest absolute Gasteiger partial charge is 0.236 e. The predicted molar refractivity (Wildman–Crippen MR) is 81.0 cm³/mol. The fourth-order valence-corrected chi connectivity index (χ4v) is 2.57. The van der Waals surface area contributed by atoms with Crippen molar-refractivity contribution in [1.82, 2.24) is 9.80 Å². The van der Waals surface area contributed by atoms with Gasteiger partial charge in [0.1, 0.15) is 5.75 Å². The topological polar surface area (TPSA) is 49.9 Å². The van der Waals surface area contributed by atoms with E-state index in [1.165, 1.54) is 7.11 Å². The van der Waals surface area contributed by atoms with E-state index in [1.54, 1.807) is 30.1 Å². The molecule has 1 aromatic carbocycles. The molecule has 0 spiro atoms. The molecule has 0 bridgehead atoms. The first-order valence-corrected chi connectivity index (χ1v) is 7.22. The number of likely N-dealkylation sites (N-methyl/N-ethyl adjacent to an activating group) is 1. The Morgan fingerprint density at radius 1 is 1.38 bits per heavy atom. The number of hydrogen-bond donors (Lipinski definition) is 0. The van der Waals surface area contributed by atoms with Gasteiger partial charge in [-0.25, -0.2) is 0 Å². The van der Waals surface area contributed by atoms with Gasteiger partial charge in [-0.1, -0.05) is 11.6 Å². The Kier molecular flexibility index (Phi) is 5.20. The lowest BCUT2D eigenvalue weighted by Gasteiger charge is -2.18. The van der Waals surface area contributed by atoms with Gasteiger partial charge in [0, 0.05) is 25.7 Å². The number of rotatable bonds is 4. The van der Waals surface area contributed by atoms with Crippen molar-refractivity contribution in [1.29, 1.82) is 0 Å². The maximum atomic E-state index is 12.3. The molecule has 114 valence electrons. The molecule has 0 N–H and O–H groups in total. The molecule has 0 unspecified atom stereocenters. The highest BCUT2D eigenvalue weighted by atomic mass is 35.5. The van der Waals surface area contributed by atoms with Crippen LogP contribution < -0.4 is 4.74 Å². The summed E-state index contributed by atoms with van der Waals surface area (Å²) < 4.78 is 5.07. The number of ketones is 1. The van der Waals surface area contributed by atoms with Crippen LogP contribution in [-0.4, -0.2) is 61.8 Å². The fraction of sp³-hybridized carbons (Fsp3) is 0.467. The molecule has 1 aliphatic rings. The second-order valence-electron chi connectivity index (χ2n) is 5.15. The average Bonchev–Trinajstić information content (AvgIpc) is 2.60. The van der Waals surface area contributed by atoms with Gasteiger partial charge in [0.15, 0.2) is 5.78 Å². The molecule has 0 radical (unpaired) electrons. The molecule has 1 fully saturated rings. The lowest BCUT2D eigenvalue weighted by molar-refractivity contribution is -0.129. The summed E-state index contributed by atoms with van der Waals surface area (Å²) in [6.07, 6.45) is 0.874. The summed E-state index contributed by atoms with van der Waals surface area (Å²) in [4.78, 5) is 27.7. The number of Topliss-reactive ketones (excluding diaryl/α,β-unsaturated/α-hetero) is 1. The Labute approximate surface area is 129 Å². The Balaban J connectivity index is 2.04. The fourth-order valence-electron chi connectivity index (χ4n) is 2.32. The van der Waals surface area contributed by atoms with E-state index in [2.05, 4.69) is 0 Å². The van der Waals surface area contributed by atoms with Gasteiger partial charge in [0.2, 0.25) is 5.91 Å². The van der Waals surface area contributed by atoms with Crippen molar-refractivity contribution in [2.75, 3.05) is 40.3 Å². The predicted octanol–water partition coefficient (Wildman–Crippen LogP) is 1.70. The normalized spacial score (nSPS) is 16.7. The average molecular weight is 311 g/mol. The highest BCUT2D eigenvalue weighted by Gasteiger charge is 2.21. The number of ether oxygens (including phenoxy) is 1. The number of hydrogen-bond acceptors (Lipinski definition) is 4. The van der Waals surface area contributed by atoms with Gasteiger partial charge >= 0.3 is 0 Å². The maximum Gasteiger partial charge on any atom is 0.236 e. The first-order valence-electron chi connectivity index (χ1n) is 6.84. The number of carbonyl (C=O) groups excluding carboxylic acids is 2. The van der Waals surface area contributed by atoms with E-state index in [4.69, 9.17) is 16.3 Å². The van der Waals surface area contributed by atoms with Crippen LogP contribution in [-0.2, 0) is 4.79 Å². The Bertz CT molecular complexity index is 548. The van der Waals surface area contributed by atoms with Crippen molar-refractivity contribution < 1.29 is 14.3 Å². The van der Waals surface area contributed by atoms with Crippen LogP contribution in [0.25, 0.3) is 0 Å². The van der Waals surface area contributed by atoms with E-state index in [0.717, 1.165) is 19.5 Å². The Morgan fingerprint density at radius 2 is 2.14 bits per heavy atom. The molecular weight excluding hydrogens is 292 g/mol. The molecule has 5 nitrogen and oxygen atoms in total. The van der Waals surface area contributed by atoms with Crippen molar-refractivity contribution >= 4 is 23.3 Å². The van der Waals surface area contributed by atoms with Crippen LogP contribution in [0.15, 0.2) is 18.2 Å². The minimum atomic E-state index is -0.0445. The van der Waals surface area contributed by atoms with Crippen molar-refractivity contribution in [2.45, 2.75) is 6.42 Å². The Morgan fingerprint density at radius 3 is 2.81 bits per heavy atom. The first-order chi connectivity index (χ1) is 10.0. The lowest BCUT2D eigenvalue weighted by Crippen LogP contribution is -2.37. The zero-order chi connectivity index (χ0) is 15.4. The SMILES string of the molecule is COc1ccc(C(=O)CN2CCCN(C)C(=O)C2)cc1Cl. The molecule has 1 amide bonds. The first kappa shape index (κ1) is 15.8. The van der Waals surface area contributed by atoms with Gasteiger partial charge in [0.05, 0.1) is 25.2 Å². The van der Waals surface area contributed by atoms with Gasteiger partial charge in [-0.3, -0.25) is 14.5 Å². The van der Waals surface area contributed by atoms with Crippen molar-refractivity contribution in [3.8, 4) is 5.75 Å². The van der Waals surface area contributed by atoms with Gasteiger partial charge in [-0.15, -0.1) is 0 Å². The second-order valence-corrected chi connectivity index (χ2v) is 5.56. The molecular formula is C15H19ClN2O3. The minimum Gasteiger partial charge on any atom is -0.495 e. The summed E-state index contributed by atoms with van der Waals surface area (Å²) in [6, 6.07) is 4.98. The third-order valence-corrected chi connectivity index (χ3v) is 3.89. The van der Waals surface area contributed by atoms with Crippen LogP contribution in [0.2, 0.25) is 5.02 Å². The molecule has 1 aliphatic heterocycles. The molecule has 6 heteroatoms. The zero-order valence-corrected chi connectivity index (χ0v) is 13.0. The summed E-state index contributed by atoms with van der Waals surface area (Å²) in [5.41, 5.74) is 0.533. The van der Waals surface area contributed by atoms with Crippen LogP contribution in [0.5, 0.6) is 5.75 Å². The van der Waals surface area contributed by atoms with E-state index in [1.807, 2.05) is 4.90 Å². The van der Waals surface area contributed by atoms with Crippen molar-refractivity contribution in [3.05, 3.63) is 28.8 Å². The summed E-state index contributed by atoms with van der Waals surface area (Å²) in [5.74, 6) is 0.546. The lowest BCUT2D eigenvalue weighted by atomic mass is 10.1. The third kappa shape index (κ3) is 3.95. The summed E-state index contributed by atoms with van der Waals surface area (Å²) in [5, 5.41) is 0.412. The maximum absolute atomic E-state index is 12.3. The molecule has 2 rings (SSSR count). The molecule has 0 aliphatic carbocycles. The van der Waals surface area contributed by atoms with Crippen LogP contribution in [0.4, 0.5) is 0 Å². The van der Waals surface area contributed by atoms with Gasteiger partial charge < -0.3 is 9.64 Å². The number of nitrogens with zero attached hydrogens (tertiary/aromatic N) is 2. The zero-order valence-electron chi connectivity index (χ0n) is 12.3. The number of halogens is 1. The minimum absolute atomic E-state index is 0.0445.